The van der Waals surface area contributed by atoms with Crippen molar-refractivity contribution in [1.29, 1.82) is 0 Å². The topological polar surface area (TPSA) is 63.6 Å². The zero-order valence-electron chi connectivity index (χ0n) is 16.6. The summed E-state index contributed by atoms with van der Waals surface area (Å²) < 4.78 is 19.4. The Balaban J connectivity index is 2.07. The van der Waals surface area contributed by atoms with Crippen LogP contribution >= 0.6 is 11.8 Å². The second-order valence-electron chi connectivity index (χ2n) is 7.29. The van der Waals surface area contributed by atoms with E-state index in [1.807, 2.05) is 36.6 Å². The number of hydrogen-bond donors (Lipinski definition) is 1. The molecule has 0 radical (unpaired) electrons. The average Bonchev–Trinajstić information content (AvgIpc) is 2.93. The molecule has 150 valence electrons. The fraction of sp³-hybridized carbons (Fsp3) is 0.217. The number of thioether (sulfide) groups is 1. The minimum absolute atomic E-state index is 0.186. The van der Waals surface area contributed by atoms with Crippen LogP contribution in [0.15, 0.2) is 52.9 Å². The molecule has 3 rings (SSSR count). The Morgan fingerprint density at radius 3 is 2.34 bits per heavy atom. The molecule has 1 N–H and O–H groups in total. The molecule has 0 aromatic heterocycles. The summed E-state index contributed by atoms with van der Waals surface area (Å²) >= 11 is 1.65. The molecule has 29 heavy (non-hydrogen) atoms. The van der Waals surface area contributed by atoms with Gasteiger partial charge < -0.3 is 9.84 Å². The molecule has 2 aromatic carbocycles. The molecule has 1 aliphatic carbocycles. The number of ether oxygens (including phenoxy) is 1. The van der Waals surface area contributed by atoms with Crippen molar-refractivity contribution < 1.29 is 23.8 Å². The molecular formula is C23H21FO4S. The van der Waals surface area contributed by atoms with E-state index in [1.54, 1.807) is 24.8 Å². The Morgan fingerprint density at radius 1 is 1.10 bits per heavy atom. The van der Waals surface area contributed by atoms with E-state index in [4.69, 9.17) is 4.74 Å². The van der Waals surface area contributed by atoms with Gasteiger partial charge in [-0.3, -0.25) is 9.59 Å². The summed E-state index contributed by atoms with van der Waals surface area (Å²) in [6.45, 7) is 4.33. The van der Waals surface area contributed by atoms with Crippen LogP contribution in [-0.4, -0.2) is 23.3 Å². The van der Waals surface area contributed by atoms with Crippen LogP contribution in [0.5, 0.6) is 0 Å². The van der Waals surface area contributed by atoms with Crippen LogP contribution in [0.25, 0.3) is 17.4 Å². The summed E-state index contributed by atoms with van der Waals surface area (Å²) in [6.07, 6.45) is 3.95. The highest BCUT2D eigenvalue weighted by Gasteiger charge is 2.40. The van der Waals surface area contributed by atoms with E-state index in [1.165, 1.54) is 26.0 Å². The molecule has 0 heterocycles. The maximum absolute atomic E-state index is 13.9. The van der Waals surface area contributed by atoms with Gasteiger partial charge in [0, 0.05) is 16.0 Å². The number of esters is 1. The van der Waals surface area contributed by atoms with Gasteiger partial charge in [0.2, 0.25) is 0 Å². The third-order valence-electron chi connectivity index (χ3n) is 4.93. The van der Waals surface area contributed by atoms with Crippen LogP contribution in [0, 0.1) is 11.2 Å². The third kappa shape index (κ3) is 3.98. The third-order valence-corrected chi connectivity index (χ3v) is 5.67. The highest BCUT2D eigenvalue weighted by molar-refractivity contribution is 7.98. The summed E-state index contributed by atoms with van der Waals surface area (Å²) in [5, 5.41) is 9.29. The highest BCUT2D eigenvalue weighted by atomic mass is 32.2. The first kappa shape index (κ1) is 20.9. The van der Waals surface area contributed by atoms with E-state index in [2.05, 4.69) is 0 Å². The van der Waals surface area contributed by atoms with E-state index in [9.17, 15) is 19.1 Å². The lowest BCUT2D eigenvalue weighted by molar-refractivity contribution is -0.161. The number of halogens is 1. The largest absolute Gasteiger partial charge is 0.480 e. The SMILES string of the molecule is CSc1ccc(C=C2C(C)=C(OC(=O)C(C)(C)C(=O)O)c3cc(F)ccc32)cc1. The maximum Gasteiger partial charge on any atom is 0.328 e. The van der Waals surface area contributed by atoms with E-state index in [0.29, 0.717) is 11.1 Å². The molecule has 0 aliphatic heterocycles. The number of rotatable bonds is 5. The number of benzene rings is 2. The number of hydrogen-bond acceptors (Lipinski definition) is 4. The zero-order chi connectivity index (χ0) is 21.3. The lowest BCUT2D eigenvalue weighted by atomic mass is 9.94. The lowest BCUT2D eigenvalue weighted by Crippen LogP contribution is -2.34. The van der Waals surface area contributed by atoms with Crippen LogP contribution in [-0.2, 0) is 14.3 Å². The molecule has 0 saturated heterocycles. The predicted octanol–water partition coefficient (Wildman–Crippen LogP) is 5.49. The van der Waals surface area contributed by atoms with Crippen molar-refractivity contribution in [2.24, 2.45) is 5.41 Å². The lowest BCUT2D eigenvalue weighted by Gasteiger charge is -2.18. The van der Waals surface area contributed by atoms with Gasteiger partial charge >= 0.3 is 11.9 Å². The van der Waals surface area contributed by atoms with Crippen molar-refractivity contribution >= 4 is 41.1 Å². The quantitative estimate of drug-likeness (QED) is 0.400. The number of aliphatic carboxylic acids is 1. The number of carboxylic acids is 1. The molecule has 0 amide bonds. The summed E-state index contributed by atoms with van der Waals surface area (Å²) in [5.41, 5.74) is 1.84. The van der Waals surface area contributed by atoms with Gasteiger partial charge in [-0.1, -0.05) is 18.2 Å². The van der Waals surface area contributed by atoms with E-state index < -0.39 is 23.2 Å². The zero-order valence-corrected chi connectivity index (χ0v) is 17.4. The van der Waals surface area contributed by atoms with Gasteiger partial charge in [-0.05, 0) is 74.1 Å². The first-order chi connectivity index (χ1) is 13.6. The fourth-order valence-corrected chi connectivity index (χ4v) is 3.37. The molecule has 0 saturated carbocycles. The smallest absolute Gasteiger partial charge is 0.328 e. The summed E-state index contributed by atoms with van der Waals surface area (Å²) in [7, 11) is 0. The number of fused-ring (bicyclic) bond motifs is 1. The molecule has 6 heteroatoms. The molecule has 1 aliphatic rings. The molecule has 2 aromatic rings. The van der Waals surface area contributed by atoms with E-state index in [0.717, 1.165) is 21.6 Å². The standard InChI is InChI=1S/C23H21FO4S/c1-13-18(11-14-5-8-16(29-4)9-6-14)17-10-7-15(24)12-19(17)20(13)28-22(27)23(2,3)21(25)26/h5-12H,1-4H3,(H,25,26). The monoisotopic (exact) mass is 412 g/mol. The van der Waals surface area contributed by atoms with Crippen LogP contribution < -0.4 is 0 Å². The van der Waals surface area contributed by atoms with Crippen molar-refractivity contribution in [1.82, 2.24) is 0 Å². The minimum atomic E-state index is -1.72. The Bertz CT molecular complexity index is 1050. The Hall–Kier alpha value is -2.86. The van der Waals surface area contributed by atoms with Gasteiger partial charge in [-0.2, -0.15) is 0 Å². The normalized spacial score (nSPS) is 14.9. The van der Waals surface area contributed by atoms with Gasteiger partial charge in [0.1, 0.15) is 11.6 Å². The number of carbonyl (C=O) groups excluding carboxylic acids is 1. The van der Waals surface area contributed by atoms with Crippen LogP contribution in [0.3, 0.4) is 0 Å². The van der Waals surface area contributed by atoms with Crippen molar-refractivity contribution in [2.45, 2.75) is 25.7 Å². The molecular weight excluding hydrogens is 391 g/mol. The molecule has 0 fully saturated rings. The number of allylic oxidation sites excluding steroid dienone is 2. The Kier molecular flexibility index (Phi) is 5.66. The van der Waals surface area contributed by atoms with Gasteiger partial charge in [0.05, 0.1) is 0 Å². The van der Waals surface area contributed by atoms with Gasteiger partial charge in [0.15, 0.2) is 5.41 Å². The molecule has 0 atom stereocenters. The summed E-state index contributed by atoms with van der Waals surface area (Å²) in [4.78, 5) is 25.0. The predicted molar refractivity (Wildman–Crippen MR) is 113 cm³/mol. The van der Waals surface area contributed by atoms with Crippen molar-refractivity contribution in [3.8, 4) is 0 Å². The molecule has 0 unspecified atom stereocenters. The Morgan fingerprint density at radius 2 is 1.76 bits per heavy atom. The van der Waals surface area contributed by atoms with Gasteiger partial charge in [-0.25, -0.2) is 4.39 Å². The second-order valence-corrected chi connectivity index (χ2v) is 8.17. The molecule has 0 spiro atoms. The first-order valence-corrected chi connectivity index (χ1v) is 10.2. The van der Waals surface area contributed by atoms with E-state index >= 15 is 0 Å². The summed E-state index contributed by atoms with van der Waals surface area (Å²) in [6, 6.07) is 12.3. The van der Waals surface area contributed by atoms with Gasteiger partial charge in [0.25, 0.3) is 0 Å². The minimum Gasteiger partial charge on any atom is -0.480 e. The average molecular weight is 412 g/mol. The van der Waals surface area contributed by atoms with E-state index in [-0.39, 0.29) is 5.76 Å². The summed E-state index contributed by atoms with van der Waals surface area (Å²) in [5.74, 6) is -2.47. The second kappa shape index (κ2) is 7.87. The van der Waals surface area contributed by atoms with Crippen LogP contribution in [0.1, 0.15) is 37.5 Å². The van der Waals surface area contributed by atoms with Crippen molar-refractivity contribution in [3.05, 3.63) is 70.5 Å². The first-order valence-electron chi connectivity index (χ1n) is 8.98. The number of carboxylic acid groups (broad SMARTS) is 1. The fourth-order valence-electron chi connectivity index (χ4n) is 2.96. The van der Waals surface area contributed by atoms with Crippen LogP contribution in [0.2, 0.25) is 0 Å². The number of carbonyl (C=O) groups is 2. The van der Waals surface area contributed by atoms with Gasteiger partial charge in [-0.15, -0.1) is 11.8 Å². The molecule has 4 nitrogen and oxygen atoms in total. The van der Waals surface area contributed by atoms with Crippen LogP contribution in [0.4, 0.5) is 4.39 Å². The molecule has 0 bridgehead atoms. The van der Waals surface area contributed by atoms with Crippen molar-refractivity contribution in [2.75, 3.05) is 6.26 Å². The maximum atomic E-state index is 13.9. The Labute approximate surface area is 173 Å². The highest BCUT2D eigenvalue weighted by Crippen LogP contribution is 2.43. The van der Waals surface area contributed by atoms with Crippen molar-refractivity contribution in [3.63, 3.8) is 0 Å².